The summed E-state index contributed by atoms with van der Waals surface area (Å²) in [6.07, 6.45) is 2.74. The van der Waals surface area contributed by atoms with E-state index in [-0.39, 0.29) is 17.1 Å². The molecule has 1 N–H and O–H groups in total. The normalized spacial score (nSPS) is 20.3. The number of anilines is 2. The molecule has 0 spiro atoms. The van der Waals surface area contributed by atoms with Crippen LogP contribution in [-0.2, 0) is 4.79 Å². The molecule has 5 nitrogen and oxygen atoms in total. The molecule has 1 amide bonds. The van der Waals surface area contributed by atoms with Gasteiger partial charge in [-0.1, -0.05) is 32.0 Å². The zero-order chi connectivity index (χ0) is 20.9. The molecule has 3 aromatic rings. The second kappa shape index (κ2) is 6.99. The van der Waals surface area contributed by atoms with Gasteiger partial charge in [0.15, 0.2) is 5.78 Å². The SMILES string of the molecule is CC1(C)CC(=O)C2=C(C1)Nc1ccccc1N(C(=O)c1cccs1)[C@H]2c1ccco1. The molecule has 0 saturated heterocycles. The number of fused-ring (bicyclic) bond motifs is 1. The molecule has 30 heavy (non-hydrogen) atoms. The van der Waals surface area contributed by atoms with Crippen LogP contribution < -0.4 is 10.2 Å². The fourth-order valence-corrected chi connectivity index (χ4v) is 5.11. The number of Topliss-reactive ketones (excluding diaryl/α,β-unsaturated/α-hetero) is 1. The average molecular weight is 419 g/mol. The van der Waals surface area contributed by atoms with Gasteiger partial charge in [0, 0.05) is 17.7 Å². The Kier molecular flexibility index (Phi) is 4.40. The van der Waals surface area contributed by atoms with E-state index in [2.05, 4.69) is 19.2 Å². The number of allylic oxidation sites excluding steroid dienone is 1. The number of carbonyl (C=O) groups is 2. The molecule has 1 aliphatic carbocycles. The molecule has 0 radical (unpaired) electrons. The number of thiophene rings is 1. The Morgan fingerprint density at radius 3 is 2.70 bits per heavy atom. The summed E-state index contributed by atoms with van der Waals surface area (Å²) in [6, 6.07) is 14.4. The Balaban J connectivity index is 1.78. The van der Waals surface area contributed by atoms with Gasteiger partial charge in [-0.25, -0.2) is 0 Å². The lowest BCUT2D eigenvalue weighted by Crippen LogP contribution is -2.39. The predicted molar refractivity (Wildman–Crippen MR) is 118 cm³/mol. The minimum atomic E-state index is -0.621. The van der Waals surface area contributed by atoms with Crippen molar-refractivity contribution in [2.24, 2.45) is 5.41 Å². The van der Waals surface area contributed by atoms with Gasteiger partial charge in [-0.05, 0) is 47.5 Å². The van der Waals surface area contributed by atoms with Crippen LogP contribution in [0, 0.1) is 5.41 Å². The molecule has 3 heterocycles. The summed E-state index contributed by atoms with van der Waals surface area (Å²) >= 11 is 1.39. The van der Waals surface area contributed by atoms with Gasteiger partial charge in [0.2, 0.25) is 0 Å². The van der Waals surface area contributed by atoms with Crippen molar-refractivity contribution in [1.29, 1.82) is 0 Å². The maximum Gasteiger partial charge on any atom is 0.269 e. The number of amides is 1. The van der Waals surface area contributed by atoms with Crippen molar-refractivity contribution in [3.8, 4) is 0 Å². The number of furan rings is 1. The lowest BCUT2D eigenvalue weighted by molar-refractivity contribution is -0.118. The van der Waals surface area contributed by atoms with Crippen LogP contribution in [0.3, 0.4) is 0 Å². The molecular weight excluding hydrogens is 396 g/mol. The highest BCUT2D eigenvalue weighted by Gasteiger charge is 2.44. The van der Waals surface area contributed by atoms with Gasteiger partial charge in [0.25, 0.3) is 5.91 Å². The molecule has 0 bridgehead atoms. The number of hydrogen-bond acceptors (Lipinski definition) is 5. The molecule has 0 fully saturated rings. The first-order chi connectivity index (χ1) is 14.4. The van der Waals surface area contributed by atoms with Gasteiger partial charge in [-0.15, -0.1) is 11.3 Å². The molecule has 2 aromatic heterocycles. The average Bonchev–Trinajstić information content (AvgIpc) is 3.39. The van der Waals surface area contributed by atoms with Gasteiger partial charge < -0.3 is 9.73 Å². The summed E-state index contributed by atoms with van der Waals surface area (Å²) in [5.41, 5.74) is 2.88. The van der Waals surface area contributed by atoms with Gasteiger partial charge >= 0.3 is 0 Å². The van der Waals surface area contributed by atoms with E-state index in [1.54, 1.807) is 17.2 Å². The Morgan fingerprint density at radius 1 is 1.13 bits per heavy atom. The molecule has 1 aromatic carbocycles. The minimum Gasteiger partial charge on any atom is -0.467 e. The standard InChI is InChI=1S/C24H22N2O3S/c1-24(2)13-16-21(18(27)14-24)22(19-9-5-11-29-19)26(23(28)20-10-6-12-30-20)17-8-4-3-7-15(17)25-16/h3-12,22,25H,13-14H2,1-2H3/t22-/m0/s1. The van der Waals surface area contributed by atoms with Gasteiger partial charge in [0.1, 0.15) is 11.8 Å². The van der Waals surface area contributed by atoms with E-state index >= 15 is 0 Å². The lowest BCUT2D eigenvalue weighted by atomic mass is 9.74. The fraction of sp³-hybridized carbons (Fsp3) is 0.250. The third-order valence-electron chi connectivity index (χ3n) is 5.66. The monoisotopic (exact) mass is 418 g/mol. The summed E-state index contributed by atoms with van der Waals surface area (Å²) in [6.45, 7) is 4.20. The first-order valence-corrected chi connectivity index (χ1v) is 10.9. The molecule has 1 aliphatic heterocycles. The maximum absolute atomic E-state index is 13.7. The number of carbonyl (C=O) groups excluding carboxylic acids is 2. The van der Waals surface area contributed by atoms with Crippen LogP contribution in [0.15, 0.2) is 75.9 Å². The van der Waals surface area contributed by atoms with Crippen LogP contribution in [0.2, 0.25) is 0 Å². The number of hydrogen-bond donors (Lipinski definition) is 1. The van der Waals surface area contributed by atoms with Crippen LogP contribution in [0.25, 0.3) is 0 Å². The van der Waals surface area contributed by atoms with E-state index in [0.29, 0.717) is 22.6 Å². The number of nitrogens with zero attached hydrogens (tertiary/aromatic N) is 1. The number of para-hydroxylation sites is 2. The quantitative estimate of drug-likeness (QED) is 0.571. The topological polar surface area (TPSA) is 62.6 Å². The number of rotatable bonds is 2. The largest absolute Gasteiger partial charge is 0.467 e. The number of ketones is 1. The highest BCUT2D eigenvalue weighted by molar-refractivity contribution is 7.12. The summed E-state index contributed by atoms with van der Waals surface area (Å²) in [5, 5.41) is 5.38. The molecule has 6 heteroatoms. The first-order valence-electron chi connectivity index (χ1n) is 9.97. The Morgan fingerprint density at radius 2 is 1.97 bits per heavy atom. The molecule has 5 rings (SSSR count). The van der Waals surface area contributed by atoms with Crippen LogP contribution >= 0.6 is 11.3 Å². The van der Waals surface area contributed by atoms with Gasteiger partial charge in [-0.3, -0.25) is 14.5 Å². The summed E-state index contributed by atoms with van der Waals surface area (Å²) in [7, 11) is 0. The zero-order valence-electron chi connectivity index (χ0n) is 16.8. The van der Waals surface area contributed by atoms with Crippen LogP contribution in [0.5, 0.6) is 0 Å². The summed E-state index contributed by atoms with van der Waals surface area (Å²) in [5.74, 6) is 0.484. The molecule has 152 valence electrons. The van der Waals surface area contributed by atoms with Gasteiger partial charge in [0.05, 0.1) is 22.5 Å². The smallest absolute Gasteiger partial charge is 0.269 e. The van der Waals surface area contributed by atoms with Crippen molar-refractivity contribution in [3.63, 3.8) is 0 Å². The van der Waals surface area contributed by atoms with Crippen molar-refractivity contribution in [3.05, 3.63) is 82.1 Å². The van der Waals surface area contributed by atoms with E-state index in [9.17, 15) is 9.59 Å². The molecule has 1 atom stereocenters. The second-order valence-electron chi connectivity index (χ2n) is 8.55. The Hall–Kier alpha value is -3.12. The van der Waals surface area contributed by atoms with E-state index in [1.165, 1.54) is 11.3 Å². The zero-order valence-corrected chi connectivity index (χ0v) is 17.7. The summed E-state index contributed by atoms with van der Waals surface area (Å²) < 4.78 is 5.79. The number of benzene rings is 1. The van der Waals surface area contributed by atoms with Crippen molar-refractivity contribution in [2.45, 2.75) is 32.7 Å². The summed E-state index contributed by atoms with van der Waals surface area (Å²) in [4.78, 5) is 29.5. The lowest BCUT2D eigenvalue weighted by Gasteiger charge is -2.35. The molecule has 0 saturated carbocycles. The van der Waals surface area contributed by atoms with E-state index < -0.39 is 6.04 Å². The van der Waals surface area contributed by atoms with Crippen LogP contribution in [0.1, 0.15) is 48.2 Å². The number of nitrogens with one attached hydrogen (secondary N) is 1. The van der Waals surface area contributed by atoms with Crippen LogP contribution in [-0.4, -0.2) is 11.7 Å². The van der Waals surface area contributed by atoms with Gasteiger partial charge in [-0.2, -0.15) is 0 Å². The predicted octanol–water partition coefficient (Wildman–Crippen LogP) is 5.80. The van der Waals surface area contributed by atoms with Crippen molar-refractivity contribution in [1.82, 2.24) is 0 Å². The second-order valence-corrected chi connectivity index (χ2v) is 9.49. The highest BCUT2D eigenvalue weighted by atomic mass is 32.1. The Bertz CT molecular complexity index is 1140. The molecule has 2 aliphatic rings. The third kappa shape index (κ3) is 3.08. The Labute approximate surface area is 179 Å². The van der Waals surface area contributed by atoms with E-state index in [1.807, 2.05) is 47.8 Å². The molecule has 0 unspecified atom stereocenters. The van der Waals surface area contributed by atoms with Crippen molar-refractivity contribution >= 4 is 34.4 Å². The minimum absolute atomic E-state index is 0.0481. The first kappa shape index (κ1) is 18.9. The highest BCUT2D eigenvalue weighted by Crippen LogP contribution is 2.48. The van der Waals surface area contributed by atoms with Crippen LogP contribution in [0.4, 0.5) is 11.4 Å². The van der Waals surface area contributed by atoms with Crippen molar-refractivity contribution < 1.29 is 14.0 Å². The molecular formula is C24H22N2O3S. The van der Waals surface area contributed by atoms with E-state index in [4.69, 9.17) is 4.42 Å². The fourth-order valence-electron chi connectivity index (χ4n) is 4.45. The van der Waals surface area contributed by atoms with E-state index in [0.717, 1.165) is 23.5 Å². The third-order valence-corrected chi connectivity index (χ3v) is 6.52. The maximum atomic E-state index is 13.7. The van der Waals surface area contributed by atoms with Crippen molar-refractivity contribution in [2.75, 3.05) is 10.2 Å².